The monoisotopic (exact) mass is 264 g/mol. The second kappa shape index (κ2) is 3.95. The van der Waals surface area contributed by atoms with Gasteiger partial charge >= 0.3 is 5.97 Å². The van der Waals surface area contributed by atoms with Crippen molar-refractivity contribution in [2.24, 2.45) is 0 Å². The Hall–Kier alpha value is -0.620. The lowest BCUT2D eigenvalue weighted by Gasteiger charge is -2.53. The average molecular weight is 264 g/mol. The number of hydrogen-bond donors (Lipinski definition) is 0. The quantitative estimate of drug-likeness (QED) is 0.540. The first-order chi connectivity index (χ1) is 7.48. The molecule has 6 heteroatoms. The molecule has 1 rings (SSSR count). The largest absolute Gasteiger partial charge is 0.465 e. The standard InChI is InChI=1S/C11H22NO4S/c1-7-16-10(13)8-9(12(4,5)6)11(2,3)17(8,14)15/h8-9H,7H2,1-6H3/q+1/t8-,9+/m1/s1. The zero-order valence-corrected chi connectivity index (χ0v) is 12.2. The smallest absolute Gasteiger partial charge is 0.330 e. The van der Waals surface area contributed by atoms with Gasteiger partial charge in [0, 0.05) is 0 Å². The second-order valence-corrected chi connectivity index (χ2v) is 8.53. The third-order valence-electron chi connectivity index (χ3n) is 3.42. The van der Waals surface area contributed by atoms with Gasteiger partial charge in [0.2, 0.25) is 5.25 Å². The molecule has 2 atom stereocenters. The van der Waals surface area contributed by atoms with Crippen LogP contribution in [0.2, 0.25) is 0 Å². The second-order valence-electron chi connectivity index (χ2n) is 5.88. The molecule has 0 unspecified atom stereocenters. The van der Waals surface area contributed by atoms with Crippen molar-refractivity contribution in [1.29, 1.82) is 0 Å². The summed E-state index contributed by atoms with van der Waals surface area (Å²) < 4.78 is 28.7. The maximum absolute atomic E-state index is 12.1. The summed E-state index contributed by atoms with van der Waals surface area (Å²) in [6.45, 7) is 5.23. The number of nitrogens with zero attached hydrogens (tertiary/aromatic N) is 1. The highest BCUT2D eigenvalue weighted by atomic mass is 32.2. The molecule has 1 aliphatic heterocycles. The predicted molar refractivity (Wildman–Crippen MR) is 65.2 cm³/mol. The van der Waals surface area contributed by atoms with Gasteiger partial charge in [-0.3, -0.25) is 4.79 Å². The van der Waals surface area contributed by atoms with Crippen LogP contribution in [0.5, 0.6) is 0 Å². The van der Waals surface area contributed by atoms with Gasteiger partial charge in [-0.2, -0.15) is 0 Å². The van der Waals surface area contributed by atoms with Gasteiger partial charge in [-0.15, -0.1) is 0 Å². The zero-order valence-electron chi connectivity index (χ0n) is 11.4. The molecular weight excluding hydrogens is 242 g/mol. The molecule has 0 aromatic carbocycles. The molecule has 0 N–H and O–H groups in total. The van der Waals surface area contributed by atoms with E-state index in [2.05, 4.69) is 0 Å². The minimum Gasteiger partial charge on any atom is -0.465 e. The number of esters is 1. The number of rotatable bonds is 3. The van der Waals surface area contributed by atoms with E-state index in [-0.39, 0.29) is 12.6 Å². The zero-order chi connectivity index (χ0) is 13.6. The summed E-state index contributed by atoms with van der Waals surface area (Å²) in [4.78, 5) is 11.8. The van der Waals surface area contributed by atoms with Crippen molar-refractivity contribution in [3.63, 3.8) is 0 Å². The molecule has 0 radical (unpaired) electrons. The van der Waals surface area contributed by atoms with Crippen molar-refractivity contribution in [3.8, 4) is 0 Å². The van der Waals surface area contributed by atoms with Gasteiger partial charge in [-0.1, -0.05) is 0 Å². The van der Waals surface area contributed by atoms with Crippen molar-refractivity contribution in [2.45, 2.75) is 36.8 Å². The number of sulfone groups is 1. The van der Waals surface area contributed by atoms with Crippen LogP contribution in [0, 0.1) is 0 Å². The van der Waals surface area contributed by atoms with Gasteiger partial charge in [0.15, 0.2) is 9.84 Å². The highest BCUT2D eigenvalue weighted by Crippen LogP contribution is 2.45. The Morgan fingerprint density at radius 2 is 1.76 bits per heavy atom. The maximum Gasteiger partial charge on any atom is 0.330 e. The van der Waals surface area contributed by atoms with Gasteiger partial charge in [0.1, 0.15) is 10.8 Å². The molecule has 0 saturated carbocycles. The van der Waals surface area contributed by atoms with Gasteiger partial charge < -0.3 is 9.22 Å². The van der Waals surface area contributed by atoms with Crippen LogP contribution >= 0.6 is 0 Å². The Morgan fingerprint density at radius 1 is 1.29 bits per heavy atom. The van der Waals surface area contributed by atoms with Gasteiger partial charge in [-0.05, 0) is 20.8 Å². The van der Waals surface area contributed by atoms with Gasteiger partial charge in [-0.25, -0.2) is 8.42 Å². The van der Waals surface area contributed by atoms with Crippen LogP contribution in [0.25, 0.3) is 0 Å². The summed E-state index contributed by atoms with van der Waals surface area (Å²) in [6.07, 6.45) is 0. The molecule has 0 spiro atoms. The van der Waals surface area contributed by atoms with E-state index >= 15 is 0 Å². The molecule has 100 valence electrons. The Bertz CT molecular complexity index is 419. The molecule has 5 nitrogen and oxygen atoms in total. The molecule has 1 heterocycles. The summed E-state index contributed by atoms with van der Waals surface area (Å²) in [5.74, 6) is -0.620. The first-order valence-electron chi connectivity index (χ1n) is 5.69. The van der Waals surface area contributed by atoms with E-state index in [9.17, 15) is 13.2 Å². The topological polar surface area (TPSA) is 60.4 Å². The summed E-state index contributed by atoms with van der Waals surface area (Å²) >= 11 is 0. The Morgan fingerprint density at radius 3 is 2.12 bits per heavy atom. The number of carbonyl (C=O) groups is 1. The van der Waals surface area contributed by atoms with Crippen molar-refractivity contribution in [2.75, 3.05) is 27.7 Å². The van der Waals surface area contributed by atoms with Crippen LogP contribution in [0.3, 0.4) is 0 Å². The Kier molecular flexibility index (Phi) is 3.35. The maximum atomic E-state index is 12.1. The predicted octanol–water partition coefficient (Wildman–Crippen LogP) is 0.200. The molecule has 0 aliphatic carbocycles. The lowest BCUT2D eigenvalue weighted by molar-refractivity contribution is -0.899. The van der Waals surface area contributed by atoms with Crippen LogP contribution in [0.4, 0.5) is 0 Å². The van der Waals surface area contributed by atoms with Crippen LogP contribution in [-0.4, -0.2) is 62.7 Å². The van der Waals surface area contributed by atoms with E-state index < -0.39 is 25.8 Å². The van der Waals surface area contributed by atoms with Gasteiger partial charge in [0.25, 0.3) is 0 Å². The number of quaternary nitrogens is 1. The molecule has 17 heavy (non-hydrogen) atoms. The molecule has 0 bridgehead atoms. The number of ether oxygens (including phenoxy) is 1. The van der Waals surface area contributed by atoms with Crippen molar-refractivity contribution < 1.29 is 22.4 Å². The fourth-order valence-electron chi connectivity index (χ4n) is 2.78. The molecule has 0 aromatic heterocycles. The van der Waals surface area contributed by atoms with Crippen LogP contribution in [-0.2, 0) is 19.4 Å². The lowest BCUT2D eigenvalue weighted by Crippen LogP contribution is -2.78. The highest BCUT2D eigenvalue weighted by molar-refractivity contribution is 7.95. The third-order valence-corrected chi connectivity index (χ3v) is 6.25. The molecule has 1 fully saturated rings. The van der Waals surface area contributed by atoms with E-state index in [0.29, 0.717) is 4.48 Å². The fourth-order valence-corrected chi connectivity index (χ4v) is 5.36. The van der Waals surface area contributed by atoms with Gasteiger partial charge in [0.05, 0.1) is 27.7 Å². The van der Waals surface area contributed by atoms with E-state index in [1.54, 1.807) is 20.8 Å². The highest BCUT2D eigenvalue weighted by Gasteiger charge is 2.71. The van der Waals surface area contributed by atoms with Crippen molar-refractivity contribution in [3.05, 3.63) is 0 Å². The van der Waals surface area contributed by atoms with Crippen LogP contribution in [0.1, 0.15) is 20.8 Å². The lowest BCUT2D eigenvalue weighted by atomic mass is 9.94. The van der Waals surface area contributed by atoms with E-state index in [4.69, 9.17) is 4.74 Å². The first-order valence-corrected chi connectivity index (χ1v) is 7.23. The first kappa shape index (κ1) is 14.4. The minimum atomic E-state index is -3.44. The number of carbonyl (C=O) groups excluding carboxylic acids is 1. The SMILES string of the molecule is CCOC(=O)[C@H]1[C@H]([N+](C)(C)C)C(C)(C)S1(=O)=O. The van der Waals surface area contributed by atoms with E-state index in [0.717, 1.165) is 0 Å². The average Bonchev–Trinajstić information content (AvgIpc) is 2.11. The summed E-state index contributed by atoms with van der Waals surface area (Å²) in [6, 6.07) is -0.272. The molecule has 0 aromatic rings. The van der Waals surface area contributed by atoms with Crippen molar-refractivity contribution in [1.82, 2.24) is 0 Å². The fraction of sp³-hybridized carbons (Fsp3) is 0.909. The Labute approximate surface area is 103 Å². The minimum absolute atomic E-state index is 0.204. The van der Waals surface area contributed by atoms with E-state index in [1.807, 2.05) is 21.1 Å². The summed E-state index contributed by atoms with van der Waals surface area (Å²) in [5, 5.41) is -1.03. The van der Waals surface area contributed by atoms with Crippen LogP contribution < -0.4 is 0 Å². The normalized spacial score (nSPS) is 30.5. The summed E-state index contributed by atoms with van der Waals surface area (Å²) in [7, 11) is 2.24. The molecule has 1 aliphatic rings. The molecular formula is C11H22NO4S+. The number of hydrogen-bond acceptors (Lipinski definition) is 4. The third kappa shape index (κ3) is 1.97. The summed E-state index contributed by atoms with van der Waals surface area (Å²) in [5.41, 5.74) is 0. The Balaban J connectivity index is 3.16. The van der Waals surface area contributed by atoms with Crippen molar-refractivity contribution >= 4 is 15.8 Å². The van der Waals surface area contributed by atoms with Crippen LogP contribution in [0.15, 0.2) is 0 Å². The molecule has 1 saturated heterocycles. The molecule has 0 amide bonds. The van der Waals surface area contributed by atoms with E-state index in [1.165, 1.54) is 0 Å².